The van der Waals surface area contributed by atoms with Gasteiger partial charge in [0.05, 0.1) is 5.71 Å². The molecule has 0 fully saturated rings. The fraction of sp³-hybridized carbons (Fsp3) is 0.0667. The molecule has 1 N–H and O–H groups in total. The molecule has 0 bridgehead atoms. The number of rotatable bonds is 3. The molecule has 2 aromatic carbocycles. The summed E-state index contributed by atoms with van der Waals surface area (Å²) in [5.41, 5.74) is 3.72. The predicted octanol–water partition coefficient (Wildman–Crippen LogP) is 3.12. The van der Waals surface area contributed by atoms with Crippen molar-refractivity contribution in [2.24, 2.45) is 5.10 Å². The molecule has 2 rings (SSSR count). The van der Waals surface area contributed by atoms with E-state index in [1.54, 1.807) is 19.1 Å². The Morgan fingerprint density at radius 2 is 1.70 bits per heavy atom. The van der Waals surface area contributed by atoms with E-state index >= 15 is 0 Å². The molecule has 0 aliphatic carbocycles. The first kappa shape index (κ1) is 13.9. The molecule has 2 aromatic rings. The number of carbonyl (C=O) groups is 1. The Labute approximate surface area is 114 Å². The topological polar surface area (TPSA) is 41.5 Å². The number of halogens is 2. The van der Waals surface area contributed by atoms with Crippen LogP contribution in [0.2, 0.25) is 0 Å². The Morgan fingerprint density at radius 1 is 1.00 bits per heavy atom. The molecule has 20 heavy (non-hydrogen) atoms. The van der Waals surface area contributed by atoms with Crippen LogP contribution in [0.1, 0.15) is 22.8 Å². The van der Waals surface area contributed by atoms with Crippen molar-refractivity contribution in [1.29, 1.82) is 0 Å². The lowest BCUT2D eigenvalue weighted by Crippen LogP contribution is -2.19. The van der Waals surface area contributed by atoms with E-state index in [2.05, 4.69) is 10.5 Å². The third-order valence-electron chi connectivity index (χ3n) is 2.67. The monoisotopic (exact) mass is 274 g/mol. The summed E-state index contributed by atoms with van der Waals surface area (Å²) < 4.78 is 25.8. The zero-order valence-corrected chi connectivity index (χ0v) is 10.7. The maximum absolute atomic E-state index is 13.0. The molecule has 0 atom stereocenters. The van der Waals surface area contributed by atoms with Crippen LogP contribution in [0.3, 0.4) is 0 Å². The summed E-state index contributed by atoms with van der Waals surface area (Å²) in [4.78, 5) is 11.7. The molecular formula is C15H12F2N2O. The molecule has 0 saturated heterocycles. The summed E-state index contributed by atoms with van der Waals surface area (Å²) in [6.07, 6.45) is 0. The third kappa shape index (κ3) is 3.47. The second-order valence-corrected chi connectivity index (χ2v) is 4.16. The van der Waals surface area contributed by atoms with Gasteiger partial charge in [0.25, 0.3) is 5.91 Å². The van der Waals surface area contributed by atoms with Gasteiger partial charge in [-0.3, -0.25) is 4.79 Å². The first-order valence-electron chi connectivity index (χ1n) is 5.92. The Balaban J connectivity index is 2.08. The minimum absolute atomic E-state index is 0.181. The van der Waals surface area contributed by atoms with Crippen LogP contribution in [0.5, 0.6) is 0 Å². The fourth-order valence-electron chi connectivity index (χ4n) is 1.58. The van der Waals surface area contributed by atoms with E-state index in [-0.39, 0.29) is 11.4 Å². The lowest BCUT2D eigenvalue weighted by atomic mass is 10.1. The molecule has 0 aromatic heterocycles. The zero-order chi connectivity index (χ0) is 14.5. The second-order valence-electron chi connectivity index (χ2n) is 4.16. The average Bonchev–Trinajstić information content (AvgIpc) is 2.45. The van der Waals surface area contributed by atoms with Crippen LogP contribution >= 0.6 is 0 Å². The minimum Gasteiger partial charge on any atom is -0.267 e. The van der Waals surface area contributed by atoms with Crippen molar-refractivity contribution in [3.8, 4) is 0 Å². The number of nitrogens with one attached hydrogen (secondary N) is 1. The maximum Gasteiger partial charge on any atom is 0.271 e. The van der Waals surface area contributed by atoms with Crippen LogP contribution in [-0.2, 0) is 0 Å². The number of hydrogen-bond donors (Lipinski definition) is 1. The van der Waals surface area contributed by atoms with Gasteiger partial charge in [-0.25, -0.2) is 14.2 Å². The molecule has 1 amide bonds. The first-order valence-corrected chi connectivity index (χ1v) is 5.92. The van der Waals surface area contributed by atoms with E-state index in [9.17, 15) is 13.6 Å². The summed E-state index contributed by atoms with van der Waals surface area (Å²) in [5, 5.41) is 3.90. The second kappa shape index (κ2) is 6.06. The molecule has 0 heterocycles. The Kier molecular flexibility index (Phi) is 4.20. The maximum atomic E-state index is 13.0. The highest BCUT2D eigenvalue weighted by Gasteiger charge is 2.05. The number of amides is 1. The average molecular weight is 274 g/mol. The molecule has 3 nitrogen and oxygen atoms in total. The first-order chi connectivity index (χ1) is 9.56. The van der Waals surface area contributed by atoms with Crippen molar-refractivity contribution < 1.29 is 13.6 Å². The van der Waals surface area contributed by atoms with E-state index < -0.39 is 11.7 Å². The van der Waals surface area contributed by atoms with E-state index in [0.717, 1.165) is 6.07 Å². The van der Waals surface area contributed by atoms with Crippen molar-refractivity contribution in [2.45, 2.75) is 6.92 Å². The van der Waals surface area contributed by atoms with E-state index in [4.69, 9.17) is 0 Å². The van der Waals surface area contributed by atoms with Crippen molar-refractivity contribution in [1.82, 2.24) is 5.43 Å². The largest absolute Gasteiger partial charge is 0.271 e. The summed E-state index contributed by atoms with van der Waals surface area (Å²) in [6.45, 7) is 1.68. The quantitative estimate of drug-likeness (QED) is 0.678. The molecule has 0 spiro atoms. The number of hydrogen-bond acceptors (Lipinski definition) is 2. The SMILES string of the molecule is CC(=NNC(=O)c1cccc(F)c1)c1ccc(F)cc1. The van der Waals surface area contributed by atoms with E-state index in [0.29, 0.717) is 11.3 Å². The lowest BCUT2D eigenvalue weighted by Gasteiger charge is -2.03. The van der Waals surface area contributed by atoms with Crippen molar-refractivity contribution in [3.05, 3.63) is 71.3 Å². The highest BCUT2D eigenvalue weighted by Crippen LogP contribution is 2.05. The van der Waals surface area contributed by atoms with Crippen LogP contribution in [0, 0.1) is 11.6 Å². The highest BCUT2D eigenvalue weighted by molar-refractivity contribution is 6.00. The summed E-state index contributed by atoms with van der Waals surface area (Å²) >= 11 is 0. The molecule has 5 heteroatoms. The van der Waals surface area contributed by atoms with Gasteiger partial charge in [-0.15, -0.1) is 0 Å². The van der Waals surface area contributed by atoms with Crippen LogP contribution < -0.4 is 5.43 Å². The van der Waals surface area contributed by atoms with Crippen molar-refractivity contribution in [2.75, 3.05) is 0 Å². The van der Waals surface area contributed by atoms with Gasteiger partial charge >= 0.3 is 0 Å². The van der Waals surface area contributed by atoms with Crippen molar-refractivity contribution >= 4 is 11.6 Å². The van der Waals surface area contributed by atoms with Gasteiger partial charge in [0, 0.05) is 5.56 Å². The molecule has 0 unspecified atom stereocenters. The number of benzene rings is 2. The zero-order valence-electron chi connectivity index (χ0n) is 10.7. The number of hydrazone groups is 1. The Bertz CT molecular complexity index is 651. The van der Waals surface area contributed by atoms with Crippen molar-refractivity contribution in [3.63, 3.8) is 0 Å². The molecule has 0 radical (unpaired) electrons. The molecule has 0 aliphatic heterocycles. The van der Waals surface area contributed by atoms with Gasteiger partial charge < -0.3 is 0 Å². The highest BCUT2D eigenvalue weighted by atomic mass is 19.1. The van der Waals surface area contributed by atoms with Crippen LogP contribution in [-0.4, -0.2) is 11.6 Å². The summed E-state index contributed by atoms with van der Waals surface area (Å²) in [5.74, 6) is -1.34. The van der Waals surface area contributed by atoms with Gasteiger partial charge in [-0.2, -0.15) is 5.10 Å². The van der Waals surface area contributed by atoms with Gasteiger partial charge in [-0.1, -0.05) is 18.2 Å². The molecule has 102 valence electrons. The summed E-state index contributed by atoms with van der Waals surface area (Å²) in [7, 11) is 0. The lowest BCUT2D eigenvalue weighted by molar-refractivity contribution is 0.0954. The van der Waals surface area contributed by atoms with Gasteiger partial charge in [0.15, 0.2) is 0 Å². The Morgan fingerprint density at radius 3 is 2.35 bits per heavy atom. The number of nitrogens with zero attached hydrogens (tertiary/aromatic N) is 1. The van der Waals surface area contributed by atoms with E-state index in [1.807, 2.05) is 0 Å². The Hall–Kier alpha value is -2.56. The predicted molar refractivity (Wildman–Crippen MR) is 72.5 cm³/mol. The fourth-order valence-corrected chi connectivity index (χ4v) is 1.58. The number of carbonyl (C=O) groups excluding carboxylic acids is 1. The van der Waals surface area contributed by atoms with Crippen LogP contribution in [0.4, 0.5) is 8.78 Å². The standard InChI is InChI=1S/C15H12F2N2O/c1-10(11-5-7-13(16)8-6-11)18-19-15(20)12-3-2-4-14(17)9-12/h2-9H,1H3,(H,19,20). The third-order valence-corrected chi connectivity index (χ3v) is 2.67. The van der Waals surface area contributed by atoms with Gasteiger partial charge in [0.2, 0.25) is 0 Å². The van der Waals surface area contributed by atoms with Gasteiger partial charge in [-0.05, 0) is 42.8 Å². The smallest absolute Gasteiger partial charge is 0.267 e. The van der Waals surface area contributed by atoms with Crippen LogP contribution in [0.25, 0.3) is 0 Å². The molecule has 0 aliphatic rings. The van der Waals surface area contributed by atoms with Gasteiger partial charge in [0.1, 0.15) is 11.6 Å². The van der Waals surface area contributed by atoms with E-state index in [1.165, 1.54) is 30.3 Å². The summed E-state index contributed by atoms with van der Waals surface area (Å²) in [6, 6.07) is 11.0. The molecular weight excluding hydrogens is 262 g/mol. The molecule has 0 saturated carbocycles. The normalized spacial score (nSPS) is 11.2. The minimum atomic E-state index is -0.508. The van der Waals surface area contributed by atoms with Crippen LogP contribution in [0.15, 0.2) is 53.6 Å².